The summed E-state index contributed by atoms with van der Waals surface area (Å²) in [7, 11) is 1.89. The van der Waals surface area contributed by atoms with Gasteiger partial charge >= 0.3 is 0 Å². The molecule has 1 atom stereocenters. The Kier molecular flexibility index (Phi) is 4.64. The van der Waals surface area contributed by atoms with Crippen molar-refractivity contribution >= 4 is 33.5 Å². The van der Waals surface area contributed by atoms with Crippen molar-refractivity contribution in [3.8, 4) is 11.6 Å². The fourth-order valence-electron chi connectivity index (χ4n) is 3.36. The molecule has 9 nitrogen and oxygen atoms in total. The molecule has 0 aliphatic carbocycles. The van der Waals surface area contributed by atoms with E-state index >= 15 is 0 Å². The summed E-state index contributed by atoms with van der Waals surface area (Å²) in [5, 5.41) is 8.41. The summed E-state index contributed by atoms with van der Waals surface area (Å²) in [6.07, 6.45) is 6.71. The number of nitrogens with zero attached hydrogens (tertiary/aromatic N) is 6. The lowest BCUT2D eigenvalue weighted by Crippen LogP contribution is -2.13. The summed E-state index contributed by atoms with van der Waals surface area (Å²) in [6, 6.07) is 3.92. The number of fused-ring (bicyclic) bond motifs is 1. The number of hydrogen-bond donors (Lipinski definition) is 1. The minimum atomic E-state index is 0.377. The van der Waals surface area contributed by atoms with Crippen LogP contribution in [0.15, 0.2) is 30.7 Å². The Labute approximate surface area is 171 Å². The Morgan fingerprint density at radius 3 is 3.03 bits per heavy atom. The van der Waals surface area contributed by atoms with E-state index in [2.05, 4.69) is 24.8 Å². The van der Waals surface area contributed by atoms with Crippen LogP contribution in [0.25, 0.3) is 16.7 Å². The van der Waals surface area contributed by atoms with Gasteiger partial charge < -0.3 is 19.4 Å². The van der Waals surface area contributed by atoms with Gasteiger partial charge in [-0.15, -0.1) is 0 Å². The zero-order valence-corrected chi connectivity index (χ0v) is 17.0. The highest BCUT2D eigenvalue weighted by Crippen LogP contribution is 2.30. The Hall–Kier alpha value is -2.98. The maximum Gasteiger partial charge on any atom is 0.243 e. The van der Waals surface area contributed by atoms with Gasteiger partial charge in [0.05, 0.1) is 36.3 Å². The van der Waals surface area contributed by atoms with Crippen molar-refractivity contribution in [2.24, 2.45) is 13.0 Å². The van der Waals surface area contributed by atoms with Crippen molar-refractivity contribution in [1.29, 1.82) is 0 Å². The van der Waals surface area contributed by atoms with E-state index < -0.39 is 0 Å². The lowest BCUT2D eigenvalue weighted by molar-refractivity contribution is 0.166. The van der Waals surface area contributed by atoms with Gasteiger partial charge in [0.1, 0.15) is 10.5 Å². The van der Waals surface area contributed by atoms with E-state index in [0.29, 0.717) is 24.4 Å². The van der Waals surface area contributed by atoms with Crippen LogP contribution in [0.2, 0.25) is 0 Å². The molecule has 1 saturated heterocycles. The Balaban J connectivity index is 1.54. The molecule has 0 amide bonds. The summed E-state index contributed by atoms with van der Waals surface area (Å²) < 4.78 is 19.7. The fraction of sp³-hybridized carbons (Fsp3) is 0.368. The van der Waals surface area contributed by atoms with E-state index in [9.17, 15) is 0 Å². The van der Waals surface area contributed by atoms with Crippen molar-refractivity contribution in [3.63, 3.8) is 0 Å². The van der Waals surface area contributed by atoms with Gasteiger partial charge in [-0.25, -0.2) is 4.98 Å². The van der Waals surface area contributed by atoms with Gasteiger partial charge in [-0.1, -0.05) is 0 Å². The maximum atomic E-state index is 6.18. The highest BCUT2D eigenvalue weighted by molar-refractivity contribution is 7.10. The van der Waals surface area contributed by atoms with Crippen LogP contribution in [-0.2, 0) is 11.8 Å². The van der Waals surface area contributed by atoms with Crippen molar-refractivity contribution < 1.29 is 9.47 Å². The molecular formula is C19H21N7O2S. The van der Waals surface area contributed by atoms with Crippen LogP contribution in [-0.4, -0.2) is 48.5 Å². The average molecular weight is 411 g/mol. The van der Waals surface area contributed by atoms with Gasteiger partial charge in [0.15, 0.2) is 0 Å². The summed E-state index contributed by atoms with van der Waals surface area (Å²) >= 11 is 1.38. The predicted molar refractivity (Wildman–Crippen MR) is 110 cm³/mol. The van der Waals surface area contributed by atoms with E-state index in [1.807, 2.05) is 43.1 Å². The molecule has 1 unspecified atom stereocenters. The molecule has 150 valence electrons. The molecule has 1 fully saturated rings. The molecule has 0 aromatic carbocycles. The summed E-state index contributed by atoms with van der Waals surface area (Å²) in [6.45, 7) is 4.03. The lowest BCUT2D eigenvalue weighted by Gasteiger charge is -2.13. The zero-order chi connectivity index (χ0) is 19.8. The van der Waals surface area contributed by atoms with Gasteiger partial charge in [0.2, 0.25) is 11.8 Å². The highest BCUT2D eigenvalue weighted by atomic mass is 32.1. The zero-order valence-electron chi connectivity index (χ0n) is 16.2. The molecule has 10 heteroatoms. The first-order valence-corrected chi connectivity index (χ1v) is 10.2. The van der Waals surface area contributed by atoms with Crippen molar-refractivity contribution in [3.05, 3.63) is 36.4 Å². The molecule has 0 bridgehead atoms. The standard InChI is InChI=1S/C19H21N7O2S/c1-12-7-16(29-24-12)22-19-21-15-3-5-26(14-8-20-25(2)9-14)17(15)18(23-19)28-11-13-4-6-27-10-13/h3,5,7-9,13H,4,6,10-11H2,1-2H3,(H,21,22,23). The number of rotatable bonds is 6. The topological polar surface area (TPSA) is 91.9 Å². The Morgan fingerprint density at radius 2 is 2.31 bits per heavy atom. The van der Waals surface area contributed by atoms with Crippen LogP contribution in [0, 0.1) is 12.8 Å². The smallest absolute Gasteiger partial charge is 0.243 e. The van der Waals surface area contributed by atoms with Gasteiger partial charge in [0, 0.05) is 32.0 Å². The van der Waals surface area contributed by atoms with Crippen LogP contribution in [0.4, 0.5) is 10.9 Å². The first kappa shape index (κ1) is 18.1. The highest BCUT2D eigenvalue weighted by Gasteiger charge is 2.20. The number of anilines is 2. The molecule has 1 N–H and O–H groups in total. The van der Waals surface area contributed by atoms with Crippen LogP contribution in [0.5, 0.6) is 5.88 Å². The first-order chi connectivity index (χ1) is 14.2. The molecule has 5 rings (SSSR count). The van der Waals surface area contributed by atoms with Crippen LogP contribution in [0.3, 0.4) is 0 Å². The molecule has 4 aromatic rings. The summed E-state index contributed by atoms with van der Waals surface area (Å²) in [5.74, 6) is 1.41. The van der Waals surface area contributed by atoms with Gasteiger partial charge in [-0.3, -0.25) is 4.68 Å². The van der Waals surface area contributed by atoms with Crippen molar-refractivity contribution in [2.75, 3.05) is 25.1 Å². The summed E-state index contributed by atoms with van der Waals surface area (Å²) in [5.41, 5.74) is 3.51. The quantitative estimate of drug-likeness (QED) is 0.521. The number of aryl methyl sites for hydroxylation is 2. The van der Waals surface area contributed by atoms with Crippen molar-refractivity contribution in [1.82, 2.24) is 28.7 Å². The third-order valence-corrected chi connectivity index (χ3v) is 5.61. The third kappa shape index (κ3) is 3.68. The van der Waals surface area contributed by atoms with E-state index in [4.69, 9.17) is 9.47 Å². The maximum absolute atomic E-state index is 6.18. The van der Waals surface area contributed by atoms with E-state index in [0.717, 1.165) is 47.1 Å². The monoisotopic (exact) mass is 411 g/mol. The molecule has 4 aromatic heterocycles. The molecule has 1 aliphatic heterocycles. The fourth-order valence-corrected chi connectivity index (χ4v) is 4.02. The van der Waals surface area contributed by atoms with Gasteiger partial charge in [-0.2, -0.15) is 14.5 Å². The number of nitrogens with one attached hydrogen (secondary N) is 1. The van der Waals surface area contributed by atoms with Crippen LogP contribution >= 0.6 is 11.5 Å². The van der Waals surface area contributed by atoms with Crippen LogP contribution < -0.4 is 10.1 Å². The van der Waals surface area contributed by atoms with E-state index in [1.54, 1.807) is 10.9 Å². The minimum absolute atomic E-state index is 0.377. The molecular weight excluding hydrogens is 390 g/mol. The molecule has 0 spiro atoms. The molecule has 0 saturated carbocycles. The van der Waals surface area contributed by atoms with Crippen molar-refractivity contribution in [2.45, 2.75) is 13.3 Å². The van der Waals surface area contributed by atoms with Crippen LogP contribution in [0.1, 0.15) is 12.1 Å². The average Bonchev–Trinajstić information content (AvgIpc) is 3.47. The largest absolute Gasteiger partial charge is 0.476 e. The number of hydrogen-bond acceptors (Lipinski definition) is 8. The lowest BCUT2D eigenvalue weighted by atomic mass is 10.1. The van der Waals surface area contributed by atoms with E-state index in [1.165, 1.54) is 11.5 Å². The summed E-state index contributed by atoms with van der Waals surface area (Å²) in [4.78, 5) is 9.35. The third-order valence-electron chi connectivity index (χ3n) is 4.81. The number of ether oxygens (including phenoxy) is 2. The molecule has 5 heterocycles. The molecule has 1 aliphatic rings. The Morgan fingerprint density at radius 1 is 1.38 bits per heavy atom. The Bertz CT molecular complexity index is 1140. The second-order valence-corrected chi connectivity index (χ2v) is 7.95. The molecule has 0 radical (unpaired) electrons. The second-order valence-electron chi connectivity index (χ2n) is 7.14. The van der Waals surface area contributed by atoms with Gasteiger partial charge in [-0.05, 0) is 37.0 Å². The predicted octanol–water partition coefficient (Wildman–Crippen LogP) is 3.08. The second kappa shape index (κ2) is 7.45. The molecule has 29 heavy (non-hydrogen) atoms. The minimum Gasteiger partial charge on any atom is -0.476 e. The van der Waals surface area contributed by atoms with Gasteiger partial charge in [0.25, 0.3) is 0 Å². The first-order valence-electron chi connectivity index (χ1n) is 9.45. The normalized spacial score (nSPS) is 16.6. The SMILES string of the molecule is Cc1cc(Nc2nc(OCC3CCOC3)c3c(ccn3-c3cnn(C)c3)n2)sn1. The van der Waals surface area contributed by atoms with E-state index in [-0.39, 0.29) is 0 Å². The number of aromatic nitrogens is 6.